The lowest BCUT2D eigenvalue weighted by Crippen LogP contribution is -2.23. The average molecular weight is 419 g/mol. The van der Waals surface area contributed by atoms with Crippen molar-refractivity contribution in [2.24, 2.45) is 7.05 Å². The molecule has 3 rings (SSSR count). The van der Waals surface area contributed by atoms with Gasteiger partial charge in [0, 0.05) is 43.0 Å². The lowest BCUT2D eigenvalue weighted by Gasteiger charge is -2.26. The molecule has 1 aromatic carbocycles. The Bertz CT molecular complexity index is 971. The van der Waals surface area contributed by atoms with Crippen LogP contribution in [0.3, 0.4) is 0 Å². The smallest absolute Gasteiger partial charge is 0.253 e. The van der Waals surface area contributed by atoms with Gasteiger partial charge < -0.3 is 9.30 Å². The van der Waals surface area contributed by atoms with Crippen molar-refractivity contribution in [3.05, 3.63) is 56.0 Å². The minimum absolute atomic E-state index is 0.0252. The molecule has 6 heteroatoms. The van der Waals surface area contributed by atoms with Crippen LogP contribution in [-0.2, 0) is 7.05 Å². The molecule has 150 valence electrons. The van der Waals surface area contributed by atoms with E-state index in [-0.39, 0.29) is 5.56 Å². The number of aromatic nitrogens is 1. The molecule has 0 atom stereocenters. The number of ether oxygens (including phenoxy) is 1. The number of methoxy groups -OCH3 is 1. The average Bonchev–Trinajstić information content (AvgIpc) is 2.71. The van der Waals surface area contributed by atoms with E-state index in [9.17, 15) is 4.79 Å². The fraction of sp³-hybridized carbons (Fsp3) is 0.409. The van der Waals surface area contributed by atoms with Crippen molar-refractivity contribution in [3.63, 3.8) is 0 Å². The first-order chi connectivity index (χ1) is 13.3. The van der Waals surface area contributed by atoms with Crippen LogP contribution in [-0.4, -0.2) is 35.3 Å². The SMILES string of the molecule is COc1cc(-c2cn(C)c(=O)c(C)c2C)cc(Cl)c1C=C1CCN(SC)CC1. The molecule has 0 unspecified atom stereocenters. The fourth-order valence-electron chi connectivity index (χ4n) is 3.63. The van der Waals surface area contributed by atoms with Gasteiger partial charge in [0.25, 0.3) is 5.56 Å². The number of piperidine rings is 1. The Morgan fingerprint density at radius 1 is 1.18 bits per heavy atom. The Morgan fingerprint density at radius 3 is 2.46 bits per heavy atom. The van der Waals surface area contributed by atoms with E-state index >= 15 is 0 Å². The minimum atomic E-state index is 0.0252. The number of hydrogen-bond acceptors (Lipinski definition) is 4. The van der Waals surface area contributed by atoms with Gasteiger partial charge in [-0.25, -0.2) is 0 Å². The van der Waals surface area contributed by atoms with E-state index in [4.69, 9.17) is 16.3 Å². The molecule has 0 spiro atoms. The van der Waals surface area contributed by atoms with Crippen LogP contribution in [0.1, 0.15) is 29.5 Å². The molecule has 1 aromatic heterocycles. The Hall–Kier alpha value is -1.69. The van der Waals surface area contributed by atoms with E-state index in [2.05, 4.69) is 16.6 Å². The van der Waals surface area contributed by atoms with Gasteiger partial charge in [-0.3, -0.25) is 9.10 Å². The molecule has 1 saturated heterocycles. The Morgan fingerprint density at radius 2 is 1.86 bits per heavy atom. The Labute approximate surface area is 176 Å². The maximum Gasteiger partial charge on any atom is 0.253 e. The van der Waals surface area contributed by atoms with E-state index in [1.165, 1.54) is 5.57 Å². The molecule has 2 aromatic rings. The van der Waals surface area contributed by atoms with Gasteiger partial charge in [-0.1, -0.05) is 35.2 Å². The summed E-state index contributed by atoms with van der Waals surface area (Å²) in [5.41, 5.74) is 6.02. The summed E-state index contributed by atoms with van der Waals surface area (Å²) in [6.45, 7) is 5.95. The number of hydrogen-bond donors (Lipinski definition) is 0. The van der Waals surface area contributed by atoms with Crippen molar-refractivity contribution in [1.82, 2.24) is 8.87 Å². The van der Waals surface area contributed by atoms with Crippen molar-refractivity contribution < 1.29 is 4.74 Å². The second kappa shape index (κ2) is 8.76. The second-order valence-corrected chi connectivity index (χ2v) is 8.49. The summed E-state index contributed by atoms with van der Waals surface area (Å²) in [6, 6.07) is 3.99. The number of aryl methyl sites for hydroxylation is 1. The molecule has 0 radical (unpaired) electrons. The van der Waals surface area contributed by atoms with Crippen LogP contribution in [0.5, 0.6) is 5.75 Å². The highest BCUT2D eigenvalue weighted by Crippen LogP contribution is 2.37. The third-order valence-corrected chi connectivity index (χ3v) is 6.72. The lowest BCUT2D eigenvalue weighted by molar-refractivity contribution is 0.413. The topological polar surface area (TPSA) is 34.5 Å². The highest BCUT2D eigenvalue weighted by atomic mass is 35.5. The van der Waals surface area contributed by atoms with Crippen LogP contribution in [0.25, 0.3) is 17.2 Å². The summed E-state index contributed by atoms with van der Waals surface area (Å²) >= 11 is 8.49. The zero-order valence-electron chi connectivity index (χ0n) is 17.1. The second-order valence-electron chi connectivity index (χ2n) is 7.20. The lowest BCUT2D eigenvalue weighted by atomic mass is 9.96. The zero-order chi connectivity index (χ0) is 20.4. The molecule has 1 aliphatic heterocycles. The zero-order valence-corrected chi connectivity index (χ0v) is 18.7. The maximum atomic E-state index is 12.2. The van der Waals surface area contributed by atoms with E-state index in [1.54, 1.807) is 30.7 Å². The fourth-order valence-corrected chi connectivity index (χ4v) is 4.44. The largest absolute Gasteiger partial charge is 0.496 e. The molecular formula is C22H27ClN2O2S. The highest BCUT2D eigenvalue weighted by Gasteiger charge is 2.17. The number of halogens is 1. The first-order valence-corrected chi connectivity index (χ1v) is 10.9. The molecule has 0 saturated carbocycles. The van der Waals surface area contributed by atoms with Crippen LogP contribution in [0.15, 0.2) is 28.7 Å². The summed E-state index contributed by atoms with van der Waals surface area (Å²) in [6.07, 6.45) is 8.26. The molecular weight excluding hydrogens is 392 g/mol. The van der Waals surface area contributed by atoms with Gasteiger partial charge in [-0.2, -0.15) is 0 Å². The number of nitrogens with zero attached hydrogens (tertiary/aromatic N) is 2. The quantitative estimate of drug-likeness (QED) is 0.648. The molecule has 1 aliphatic rings. The molecule has 0 amide bonds. The van der Waals surface area contributed by atoms with Gasteiger partial charge in [-0.15, -0.1) is 0 Å². The van der Waals surface area contributed by atoms with Gasteiger partial charge in [-0.05, 0) is 56.2 Å². The normalized spacial score (nSPS) is 15.0. The summed E-state index contributed by atoms with van der Waals surface area (Å²) in [4.78, 5) is 12.2. The maximum absolute atomic E-state index is 12.2. The minimum Gasteiger partial charge on any atom is -0.496 e. The molecule has 0 N–H and O–H groups in total. The molecule has 4 nitrogen and oxygen atoms in total. The first kappa shape index (κ1) is 21.0. The third-order valence-electron chi connectivity index (χ3n) is 5.52. The van der Waals surface area contributed by atoms with E-state index in [0.717, 1.165) is 59.5 Å². The van der Waals surface area contributed by atoms with Gasteiger partial charge in [0.05, 0.1) is 12.1 Å². The van der Waals surface area contributed by atoms with Crippen LogP contribution < -0.4 is 10.3 Å². The van der Waals surface area contributed by atoms with Gasteiger partial charge >= 0.3 is 0 Å². The Kier molecular flexibility index (Phi) is 6.58. The summed E-state index contributed by atoms with van der Waals surface area (Å²) < 4.78 is 9.68. The third kappa shape index (κ3) is 4.17. The first-order valence-electron chi connectivity index (χ1n) is 9.39. The predicted molar refractivity (Wildman–Crippen MR) is 120 cm³/mol. The summed E-state index contributed by atoms with van der Waals surface area (Å²) in [5, 5.41) is 0.667. The van der Waals surface area contributed by atoms with Crippen molar-refractivity contribution in [2.75, 3.05) is 26.5 Å². The van der Waals surface area contributed by atoms with Crippen LogP contribution in [0.4, 0.5) is 0 Å². The molecule has 2 heterocycles. The molecule has 0 bridgehead atoms. The van der Waals surface area contributed by atoms with Crippen molar-refractivity contribution >= 4 is 29.6 Å². The van der Waals surface area contributed by atoms with E-state index in [1.807, 2.05) is 32.2 Å². The number of benzene rings is 1. The van der Waals surface area contributed by atoms with Gasteiger partial charge in [0.15, 0.2) is 0 Å². The van der Waals surface area contributed by atoms with Crippen molar-refractivity contribution in [2.45, 2.75) is 26.7 Å². The highest BCUT2D eigenvalue weighted by molar-refractivity contribution is 7.96. The van der Waals surface area contributed by atoms with Crippen molar-refractivity contribution in [3.8, 4) is 16.9 Å². The van der Waals surface area contributed by atoms with E-state index < -0.39 is 0 Å². The monoisotopic (exact) mass is 418 g/mol. The molecule has 0 aliphatic carbocycles. The molecule has 28 heavy (non-hydrogen) atoms. The number of rotatable bonds is 4. The van der Waals surface area contributed by atoms with Crippen LogP contribution in [0.2, 0.25) is 5.02 Å². The number of pyridine rings is 1. The molecule has 1 fully saturated rings. The van der Waals surface area contributed by atoms with Crippen molar-refractivity contribution in [1.29, 1.82) is 0 Å². The van der Waals surface area contributed by atoms with Crippen LogP contribution >= 0.6 is 23.5 Å². The predicted octanol–water partition coefficient (Wildman–Crippen LogP) is 5.09. The Balaban J connectivity index is 2.03. The standard InChI is InChI=1S/C22H27ClN2O2S/c1-14-15(2)22(26)24(3)13-19(14)17-11-20(23)18(21(12-17)27-4)10-16-6-8-25(28-5)9-7-16/h10-13H,6-9H2,1-5H3. The van der Waals surface area contributed by atoms with Crippen LogP contribution in [0, 0.1) is 13.8 Å². The van der Waals surface area contributed by atoms with E-state index in [0.29, 0.717) is 5.02 Å². The summed E-state index contributed by atoms with van der Waals surface area (Å²) in [5.74, 6) is 0.758. The van der Waals surface area contributed by atoms with Gasteiger partial charge in [0.2, 0.25) is 0 Å². The summed E-state index contributed by atoms with van der Waals surface area (Å²) in [7, 11) is 3.45. The van der Waals surface area contributed by atoms with Gasteiger partial charge in [0.1, 0.15) is 5.75 Å².